The molecule has 5 rings (SSSR count). The van der Waals surface area contributed by atoms with E-state index >= 15 is 0 Å². The van der Waals surface area contributed by atoms with E-state index in [2.05, 4.69) is 16.1 Å². The summed E-state index contributed by atoms with van der Waals surface area (Å²) in [5.41, 5.74) is 5.52. The molecule has 1 aliphatic heterocycles. The van der Waals surface area contributed by atoms with Gasteiger partial charge in [0.1, 0.15) is 0 Å². The van der Waals surface area contributed by atoms with Crippen LogP contribution in [0.15, 0.2) is 61.2 Å². The van der Waals surface area contributed by atoms with Gasteiger partial charge in [0.25, 0.3) is 5.91 Å². The van der Waals surface area contributed by atoms with Crippen molar-refractivity contribution in [2.45, 2.75) is 32.2 Å². The van der Waals surface area contributed by atoms with E-state index in [9.17, 15) is 4.79 Å². The summed E-state index contributed by atoms with van der Waals surface area (Å²) in [7, 11) is 1.88. The van der Waals surface area contributed by atoms with Crippen LogP contribution in [-0.2, 0) is 13.5 Å². The van der Waals surface area contributed by atoms with Gasteiger partial charge in [-0.2, -0.15) is 5.10 Å². The van der Waals surface area contributed by atoms with Gasteiger partial charge in [-0.05, 0) is 55.5 Å². The maximum Gasteiger partial charge on any atom is 0.254 e. The molecular weight excluding hydrogens is 386 g/mol. The summed E-state index contributed by atoms with van der Waals surface area (Å²) in [4.78, 5) is 24.9. The highest BCUT2D eigenvalue weighted by atomic mass is 16.2. The second-order valence-corrected chi connectivity index (χ2v) is 8.34. The zero-order valence-electron chi connectivity index (χ0n) is 17.8. The van der Waals surface area contributed by atoms with Crippen molar-refractivity contribution in [1.29, 1.82) is 0 Å². The maximum atomic E-state index is 13.8. The van der Waals surface area contributed by atoms with E-state index in [-0.39, 0.29) is 11.9 Å². The summed E-state index contributed by atoms with van der Waals surface area (Å²) < 4.78 is 1.75. The number of benzene rings is 1. The molecule has 1 atom stereocenters. The van der Waals surface area contributed by atoms with Crippen LogP contribution < -0.4 is 0 Å². The smallest absolute Gasteiger partial charge is 0.254 e. The molecule has 1 aliphatic rings. The molecule has 0 bridgehead atoms. The summed E-state index contributed by atoms with van der Waals surface area (Å²) in [5.74, 6) is 0.0767. The van der Waals surface area contributed by atoms with E-state index in [1.165, 1.54) is 5.56 Å². The Morgan fingerprint density at radius 1 is 1.19 bits per heavy atom. The first-order valence-corrected chi connectivity index (χ1v) is 10.7. The predicted octanol–water partition coefficient (Wildman–Crippen LogP) is 4.19. The van der Waals surface area contributed by atoms with Gasteiger partial charge in [-0.15, -0.1) is 0 Å². The van der Waals surface area contributed by atoms with E-state index in [0.29, 0.717) is 5.56 Å². The van der Waals surface area contributed by atoms with Crippen molar-refractivity contribution in [1.82, 2.24) is 24.6 Å². The second-order valence-electron chi connectivity index (χ2n) is 8.34. The highest BCUT2D eigenvalue weighted by Crippen LogP contribution is 2.29. The van der Waals surface area contributed by atoms with Crippen LogP contribution in [0.2, 0.25) is 0 Å². The Balaban J connectivity index is 1.55. The minimum Gasteiger partial charge on any atom is -0.335 e. The average Bonchev–Trinajstić information content (AvgIpc) is 3.42. The molecule has 1 saturated heterocycles. The summed E-state index contributed by atoms with van der Waals surface area (Å²) in [6.07, 6.45) is 10.3. The molecule has 0 unspecified atom stereocenters. The van der Waals surface area contributed by atoms with Crippen molar-refractivity contribution < 1.29 is 4.79 Å². The van der Waals surface area contributed by atoms with E-state index in [0.717, 1.165) is 53.5 Å². The SMILES string of the molecule is Cc1ccc2c(C(=O)N3CCC[C@@H]3Cc3cccnc3)cc(-c3cnn(C)c3)nc2c1. The fourth-order valence-corrected chi connectivity index (χ4v) is 4.48. The Bertz CT molecular complexity index is 1250. The number of likely N-dealkylation sites (tertiary alicyclic amines) is 1. The van der Waals surface area contributed by atoms with Gasteiger partial charge in [0, 0.05) is 49.2 Å². The van der Waals surface area contributed by atoms with Gasteiger partial charge in [0.15, 0.2) is 0 Å². The molecule has 1 amide bonds. The summed E-state index contributed by atoms with van der Waals surface area (Å²) in [6.45, 7) is 2.82. The van der Waals surface area contributed by atoms with Gasteiger partial charge in [-0.1, -0.05) is 18.2 Å². The lowest BCUT2D eigenvalue weighted by Crippen LogP contribution is -2.37. The number of hydrogen-bond acceptors (Lipinski definition) is 4. The number of amides is 1. The molecule has 6 nitrogen and oxygen atoms in total. The van der Waals surface area contributed by atoms with Crippen molar-refractivity contribution in [2.24, 2.45) is 7.05 Å². The van der Waals surface area contributed by atoms with Crippen molar-refractivity contribution in [3.05, 3.63) is 77.9 Å². The zero-order chi connectivity index (χ0) is 21.4. The van der Waals surface area contributed by atoms with Gasteiger partial charge < -0.3 is 4.90 Å². The quantitative estimate of drug-likeness (QED) is 0.505. The van der Waals surface area contributed by atoms with Gasteiger partial charge in [0.05, 0.1) is 23.0 Å². The first kappa shape index (κ1) is 19.4. The molecule has 31 heavy (non-hydrogen) atoms. The molecule has 3 aromatic heterocycles. The fourth-order valence-electron chi connectivity index (χ4n) is 4.48. The highest BCUT2D eigenvalue weighted by Gasteiger charge is 2.31. The standard InChI is InChI=1S/C25H25N5O/c1-17-7-8-21-22(13-23(28-24(21)11-17)19-15-27-29(2)16-19)25(31)30-10-4-6-20(30)12-18-5-3-9-26-14-18/h3,5,7-9,11,13-16,20H,4,6,10,12H2,1-2H3/t20-/m1/s1. The van der Waals surface area contributed by atoms with Crippen LogP contribution >= 0.6 is 0 Å². The third-order valence-corrected chi connectivity index (χ3v) is 6.03. The van der Waals surface area contributed by atoms with Crippen LogP contribution in [0.5, 0.6) is 0 Å². The highest BCUT2D eigenvalue weighted by molar-refractivity contribution is 6.07. The number of hydrogen-bond donors (Lipinski definition) is 0. The number of aryl methyl sites for hydroxylation is 2. The van der Waals surface area contributed by atoms with Crippen molar-refractivity contribution in [3.63, 3.8) is 0 Å². The molecule has 0 aliphatic carbocycles. The maximum absolute atomic E-state index is 13.8. The Labute approximate surface area is 181 Å². The Kier molecular flexibility index (Phi) is 4.98. The van der Waals surface area contributed by atoms with Gasteiger partial charge in [0.2, 0.25) is 0 Å². The minimum atomic E-state index is 0.0767. The lowest BCUT2D eigenvalue weighted by Gasteiger charge is -2.25. The monoisotopic (exact) mass is 411 g/mol. The van der Waals surface area contributed by atoms with Crippen LogP contribution in [-0.4, -0.2) is 43.1 Å². The van der Waals surface area contributed by atoms with E-state index in [1.54, 1.807) is 17.1 Å². The predicted molar refractivity (Wildman–Crippen MR) is 121 cm³/mol. The van der Waals surface area contributed by atoms with Gasteiger partial charge >= 0.3 is 0 Å². The third kappa shape index (κ3) is 3.81. The second kappa shape index (κ2) is 7.95. The van der Waals surface area contributed by atoms with Gasteiger partial charge in [-0.3, -0.25) is 14.5 Å². The first-order valence-electron chi connectivity index (χ1n) is 10.7. The molecule has 1 fully saturated rings. The van der Waals surface area contributed by atoms with E-state index in [4.69, 9.17) is 4.98 Å². The molecule has 1 aromatic carbocycles. The topological polar surface area (TPSA) is 63.9 Å². The van der Waals surface area contributed by atoms with Crippen LogP contribution in [0.4, 0.5) is 0 Å². The van der Waals surface area contributed by atoms with Gasteiger partial charge in [-0.25, -0.2) is 4.98 Å². The summed E-state index contributed by atoms with van der Waals surface area (Å²) >= 11 is 0. The lowest BCUT2D eigenvalue weighted by molar-refractivity contribution is 0.0738. The fraction of sp³-hybridized carbons (Fsp3) is 0.280. The number of nitrogens with zero attached hydrogens (tertiary/aromatic N) is 5. The first-order chi connectivity index (χ1) is 15.1. The molecule has 6 heteroatoms. The van der Waals surface area contributed by atoms with E-state index in [1.807, 2.05) is 61.6 Å². The zero-order valence-corrected chi connectivity index (χ0v) is 17.8. The third-order valence-electron chi connectivity index (χ3n) is 6.03. The normalized spacial score (nSPS) is 16.2. The average molecular weight is 412 g/mol. The molecule has 156 valence electrons. The van der Waals surface area contributed by atoms with Crippen LogP contribution in [0.3, 0.4) is 0 Å². The molecule has 0 N–H and O–H groups in total. The number of fused-ring (bicyclic) bond motifs is 1. The molecule has 4 heterocycles. The van der Waals surface area contributed by atoms with Crippen molar-refractivity contribution in [2.75, 3.05) is 6.54 Å². The summed E-state index contributed by atoms with van der Waals surface area (Å²) in [5, 5.41) is 5.18. The van der Waals surface area contributed by atoms with E-state index < -0.39 is 0 Å². The van der Waals surface area contributed by atoms with Crippen LogP contribution in [0, 0.1) is 6.92 Å². The lowest BCUT2D eigenvalue weighted by atomic mass is 10.0. The Morgan fingerprint density at radius 2 is 2.10 bits per heavy atom. The number of carbonyl (C=O) groups is 1. The van der Waals surface area contributed by atoms with Crippen LogP contribution in [0.1, 0.15) is 34.3 Å². The molecular formula is C25H25N5O. The molecule has 0 radical (unpaired) electrons. The number of rotatable bonds is 4. The molecule has 0 spiro atoms. The minimum absolute atomic E-state index is 0.0767. The Hall–Kier alpha value is -3.54. The number of aromatic nitrogens is 4. The number of carbonyl (C=O) groups excluding carboxylic acids is 1. The molecule has 4 aromatic rings. The molecule has 0 saturated carbocycles. The largest absolute Gasteiger partial charge is 0.335 e. The van der Waals surface area contributed by atoms with Crippen molar-refractivity contribution in [3.8, 4) is 11.3 Å². The van der Waals surface area contributed by atoms with Crippen molar-refractivity contribution >= 4 is 16.8 Å². The summed E-state index contributed by atoms with van der Waals surface area (Å²) in [6, 6.07) is 12.3. The Morgan fingerprint density at radius 3 is 2.87 bits per heavy atom. The van der Waals surface area contributed by atoms with Crippen LogP contribution in [0.25, 0.3) is 22.2 Å². The number of pyridine rings is 2.